The Labute approximate surface area is 130 Å². The van der Waals surface area contributed by atoms with E-state index in [1.165, 1.54) is 6.07 Å². The predicted molar refractivity (Wildman–Crippen MR) is 82.1 cm³/mol. The number of hydrogen-bond donors (Lipinski definition) is 2. The Bertz CT molecular complexity index is 653. The number of anilines is 3. The van der Waals surface area contributed by atoms with Crippen molar-refractivity contribution in [3.8, 4) is 6.01 Å². The van der Waals surface area contributed by atoms with Gasteiger partial charge in [-0.15, -0.1) is 0 Å². The molecule has 0 aliphatic rings. The predicted octanol–water partition coefficient (Wildman–Crippen LogP) is 3.20. The van der Waals surface area contributed by atoms with Crippen LogP contribution in [0, 0.1) is 12.7 Å². The van der Waals surface area contributed by atoms with Crippen LogP contribution in [0.25, 0.3) is 0 Å². The van der Waals surface area contributed by atoms with Gasteiger partial charge < -0.3 is 15.8 Å². The van der Waals surface area contributed by atoms with Crippen molar-refractivity contribution in [3.05, 3.63) is 28.0 Å². The highest BCUT2D eigenvalue weighted by Gasteiger charge is 2.09. The molecule has 0 amide bonds. The van der Waals surface area contributed by atoms with Gasteiger partial charge in [0.15, 0.2) is 0 Å². The van der Waals surface area contributed by atoms with Crippen LogP contribution in [0.4, 0.5) is 22.0 Å². The second kappa shape index (κ2) is 6.66. The fourth-order valence-corrected chi connectivity index (χ4v) is 2.05. The van der Waals surface area contributed by atoms with E-state index in [2.05, 4.69) is 36.2 Å². The average Bonchev–Trinajstić information content (AvgIpc) is 2.42. The molecule has 0 radical (unpaired) electrons. The topological polar surface area (TPSA) is 86.0 Å². The third kappa shape index (κ3) is 4.01. The number of hydrogen-bond acceptors (Lipinski definition) is 6. The summed E-state index contributed by atoms with van der Waals surface area (Å²) in [6.45, 7) is 4.29. The molecule has 1 aromatic carbocycles. The van der Waals surface area contributed by atoms with E-state index in [-0.39, 0.29) is 23.7 Å². The number of benzene rings is 1. The van der Waals surface area contributed by atoms with Crippen LogP contribution in [-0.2, 0) is 0 Å². The third-order valence-corrected chi connectivity index (χ3v) is 3.19. The van der Waals surface area contributed by atoms with Gasteiger partial charge in [-0.2, -0.15) is 15.0 Å². The summed E-state index contributed by atoms with van der Waals surface area (Å²) in [6, 6.07) is 3.16. The van der Waals surface area contributed by atoms with Crippen LogP contribution in [0.1, 0.15) is 18.9 Å². The number of halogens is 2. The van der Waals surface area contributed by atoms with Crippen molar-refractivity contribution in [2.45, 2.75) is 20.3 Å². The molecule has 6 nitrogen and oxygen atoms in total. The third-order valence-electron chi connectivity index (χ3n) is 2.58. The number of nitrogens with two attached hydrogens (primary N) is 1. The number of ether oxygens (including phenoxy) is 1. The summed E-state index contributed by atoms with van der Waals surface area (Å²) >= 11 is 3.13. The number of nitrogens with one attached hydrogen (secondary N) is 1. The summed E-state index contributed by atoms with van der Waals surface area (Å²) in [4.78, 5) is 11.9. The maximum absolute atomic E-state index is 13.6. The summed E-state index contributed by atoms with van der Waals surface area (Å²) in [7, 11) is 0. The second-order valence-corrected chi connectivity index (χ2v) is 5.21. The van der Waals surface area contributed by atoms with Crippen molar-refractivity contribution < 1.29 is 9.13 Å². The maximum Gasteiger partial charge on any atom is 0.323 e. The highest BCUT2D eigenvalue weighted by molar-refractivity contribution is 9.10. The lowest BCUT2D eigenvalue weighted by Crippen LogP contribution is -2.08. The molecule has 0 saturated heterocycles. The summed E-state index contributed by atoms with van der Waals surface area (Å²) in [5.41, 5.74) is 6.99. The molecular weight excluding hydrogens is 341 g/mol. The first-order chi connectivity index (χ1) is 9.99. The van der Waals surface area contributed by atoms with Gasteiger partial charge in [0.2, 0.25) is 11.9 Å². The van der Waals surface area contributed by atoms with Gasteiger partial charge in [0.05, 0.1) is 11.1 Å². The first kappa shape index (κ1) is 15.4. The molecular formula is C13H15BrFN5O. The van der Waals surface area contributed by atoms with E-state index in [0.29, 0.717) is 16.8 Å². The lowest BCUT2D eigenvalue weighted by atomic mass is 10.2. The minimum atomic E-state index is -0.382. The molecule has 0 atom stereocenters. The minimum absolute atomic E-state index is 0.0360. The Morgan fingerprint density at radius 2 is 2.10 bits per heavy atom. The number of nitrogens with zero attached hydrogens (tertiary/aromatic N) is 3. The van der Waals surface area contributed by atoms with Crippen LogP contribution in [0.5, 0.6) is 6.01 Å². The smallest absolute Gasteiger partial charge is 0.323 e. The molecule has 8 heteroatoms. The fraction of sp³-hybridized carbons (Fsp3) is 0.308. The Hall–Kier alpha value is -1.96. The molecule has 0 bridgehead atoms. The number of rotatable bonds is 5. The largest absolute Gasteiger partial charge is 0.463 e. The van der Waals surface area contributed by atoms with Gasteiger partial charge in [-0.3, -0.25) is 0 Å². The van der Waals surface area contributed by atoms with E-state index in [0.717, 1.165) is 12.0 Å². The zero-order valence-corrected chi connectivity index (χ0v) is 13.2. The van der Waals surface area contributed by atoms with Crippen molar-refractivity contribution in [3.63, 3.8) is 0 Å². The average molecular weight is 356 g/mol. The van der Waals surface area contributed by atoms with E-state index >= 15 is 0 Å². The molecule has 2 rings (SSSR count). The summed E-state index contributed by atoms with van der Waals surface area (Å²) < 4.78 is 19.3. The van der Waals surface area contributed by atoms with Gasteiger partial charge >= 0.3 is 6.01 Å². The van der Waals surface area contributed by atoms with Crippen molar-refractivity contribution in [2.24, 2.45) is 0 Å². The highest BCUT2D eigenvalue weighted by atomic mass is 79.9. The van der Waals surface area contributed by atoms with Gasteiger partial charge in [-0.05, 0) is 47.0 Å². The van der Waals surface area contributed by atoms with Crippen LogP contribution in [0.2, 0.25) is 0 Å². The van der Waals surface area contributed by atoms with E-state index in [1.807, 2.05) is 13.8 Å². The summed E-state index contributed by atoms with van der Waals surface area (Å²) in [5, 5.41) is 2.91. The number of nitrogen functional groups attached to an aromatic ring is 1. The van der Waals surface area contributed by atoms with Gasteiger partial charge in [-0.1, -0.05) is 6.92 Å². The van der Waals surface area contributed by atoms with Gasteiger partial charge in [-0.25, -0.2) is 4.39 Å². The Kier molecular flexibility index (Phi) is 4.89. The van der Waals surface area contributed by atoms with Crippen molar-refractivity contribution in [1.82, 2.24) is 15.0 Å². The summed E-state index contributed by atoms with van der Waals surface area (Å²) in [5.74, 6) is -0.139. The SMILES string of the molecule is CCCOc1nc(N)nc(Nc2cc(F)c(Br)cc2C)n1. The van der Waals surface area contributed by atoms with Crippen LogP contribution >= 0.6 is 15.9 Å². The van der Waals surface area contributed by atoms with Gasteiger partial charge in [0.1, 0.15) is 5.82 Å². The monoisotopic (exact) mass is 355 g/mol. The lowest BCUT2D eigenvalue weighted by molar-refractivity contribution is 0.292. The molecule has 1 heterocycles. The molecule has 0 unspecified atom stereocenters. The first-order valence-corrected chi connectivity index (χ1v) is 7.16. The number of aryl methyl sites for hydroxylation is 1. The van der Waals surface area contributed by atoms with Gasteiger partial charge in [0, 0.05) is 5.69 Å². The van der Waals surface area contributed by atoms with Crippen molar-refractivity contribution in [2.75, 3.05) is 17.7 Å². The molecule has 21 heavy (non-hydrogen) atoms. The first-order valence-electron chi connectivity index (χ1n) is 6.36. The molecule has 112 valence electrons. The Morgan fingerprint density at radius 3 is 2.81 bits per heavy atom. The minimum Gasteiger partial charge on any atom is -0.463 e. The van der Waals surface area contributed by atoms with Crippen LogP contribution in [0.3, 0.4) is 0 Å². The standard InChI is InChI=1S/C13H15BrFN5O/c1-3-4-21-13-19-11(16)18-12(20-13)17-10-6-9(15)8(14)5-7(10)2/h5-6H,3-4H2,1-2H3,(H3,16,17,18,19,20). The zero-order chi connectivity index (χ0) is 15.4. The van der Waals surface area contributed by atoms with E-state index in [1.54, 1.807) is 6.07 Å². The van der Waals surface area contributed by atoms with Crippen LogP contribution in [0.15, 0.2) is 16.6 Å². The quantitative estimate of drug-likeness (QED) is 0.856. The van der Waals surface area contributed by atoms with E-state index < -0.39 is 0 Å². The van der Waals surface area contributed by atoms with E-state index in [4.69, 9.17) is 10.5 Å². The Balaban J connectivity index is 2.27. The van der Waals surface area contributed by atoms with Gasteiger partial charge in [0.25, 0.3) is 0 Å². The molecule has 0 spiro atoms. The zero-order valence-electron chi connectivity index (χ0n) is 11.7. The molecule has 1 aromatic heterocycles. The maximum atomic E-state index is 13.6. The normalized spacial score (nSPS) is 10.5. The van der Waals surface area contributed by atoms with Crippen molar-refractivity contribution >= 4 is 33.5 Å². The fourth-order valence-electron chi connectivity index (χ4n) is 1.59. The lowest BCUT2D eigenvalue weighted by Gasteiger charge is -2.10. The van der Waals surface area contributed by atoms with E-state index in [9.17, 15) is 4.39 Å². The van der Waals surface area contributed by atoms with Crippen molar-refractivity contribution in [1.29, 1.82) is 0 Å². The Morgan fingerprint density at radius 1 is 1.33 bits per heavy atom. The molecule has 2 aromatic rings. The molecule has 0 fully saturated rings. The number of aromatic nitrogens is 3. The summed E-state index contributed by atoms with van der Waals surface area (Å²) in [6.07, 6.45) is 0.825. The van der Waals surface area contributed by atoms with Crippen LogP contribution in [-0.4, -0.2) is 21.6 Å². The molecule has 3 N–H and O–H groups in total. The molecule has 0 aliphatic carbocycles. The second-order valence-electron chi connectivity index (χ2n) is 4.35. The molecule has 0 aliphatic heterocycles. The molecule has 0 saturated carbocycles. The van der Waals surface area contributed by atoms with Crippen LogP contribution < -0.4 is 15.8 Å². The highest BCUT2D eigenvalue weighted by Crippen LogP contribution is 2.26.